The maximum Gasteiger partial charge on any atom is 0.287 e. The van der Waals surface area contributed by atoms with E-state index in [1.165, 1.54) is 28.5 Å². The molecule has 0 saturated heterocycles. The molecule has 0 unspecified atom stereocenters. The monoisotopic (exact) mass is 338 g/mol. The Hall–Kier alpha value is -2.66. The van der Waals surface area contributed by atoms with Gasteiger partial charge in [-0.3, -0.25) is 9.36 Å². The van der Waals surface area contributed by atoms with Crippen LogP contribution in [0.25, 0.3) is 11.8 Å². The predicted octanol–water partition coefficient (Wildman–Crippen LogP) is 4.31. The van der Waals surface area contributed by atoms with E-state index in [-0.39, 0.29) is 11.4 Å². The van der Waals surface area contributed by atoms with Crippen LogP contribution in [0.5, 0.6) is 0 Å². The minimum atomic E-state index is -0.335. The second kappa shape index (κ2) is 7.27. The fourth-order valence-electron chi connectivity index (χ4n) is 2.20. The molecule has 0 aliphatic carbocycles. The van der Waals surface area contributed by atoms with Crippen LogP contribution in [-0.4, -0.2) is 9.55 Å². The number of rotatable bonds is 5. The summed E-state index contributed by atoms with van der Waals surface area (Å²) < 4.78 is 14.5. The van der Waals surface area contributed by atoms with Crippen LogP contribution in [0, 0.1) is 5.82 Å². The highest BCUT2D eigenvalue weighted by molar-refractivity contribution is 7.98. The van der Waals surface area contributed by atoms with Gasteiger partial charge >= 0.3 is 0 Å². The Labute approximate surface area is 143 Å². The normalized spacial score (nSPS) is 10.5. The molecule has 3 rings (SSSR count). The molecule has 0 atom stereocenters. The van der Waals surface area contributed by atoms with Crippen molar-refractivity contribution in [3.8, 4) is 5.69 Å². The summed E-state index contributed by atoms with van der Waals surface area (Å²) >= 11 is 1.38. The van der Waals surface area contributed by atoms with Crippen molar-refractivity contribution >= 4 is 17.8 Å². The molecule has 0 bridgehead atoms. The van der Waals surface area contributed by atoms with Crippen molar-refractivity contribution in [2.75, 3.05) is 0 Å². The van der Waals surface area contributed by atoms with Crippen molar-refractivity contribution in [3.05, 3.63) is 94.8 Å². The lowest BCUT2D eigenvalue weighted by Crippen LogP contribution is -2.20. The molecular weight excluding hydrogens is 323 g/mol. The second-order valence-corrected chi connectivity index (χ2v) is 6.08. The van der Waals surface area contributed by atoms with E-state index in [0.29, 0.717) is 16.5 Å². The maximum atomic E-state index is 13.0. The molecule has 0 radical (unpaired) electrons. The van der Waals surface area contributed by atoms with Gasteiger partial charge < -0.3 is 0 Å². The van der Waals surface area contributed by atoms with E-state index in [1.54, 1.807) is 30.6 Å². The minimum Gasteiger partial charge on any atom is -0.280 e. The molecule has 0 aliphatic heterocycles. The SMILES string of the molecule is C=Cc1ccc(CSc2nccn(-c3ccc(F)cc3)c2=O)cc1. The summed E-state index contributed by atoms with van der Waals surface area (Å²) in [7, 11) is 0. The summed E-state index contributed by atoms with van der Waals surface area (Å²) in [5, 5.41) is 0.412. The molecule has 120 valence electrons. The van der Waals surface area contributed by atoms with E-state index in [0.717, 1.165) is 11.1 Å². The van der Waals surface area contributed by atoms with E-state index in [2.05, 4.69) is 11.6 Å². The van der Waals surface area contributed by atoms with Crippen molar-refractivity contribution in [1.29, 1.82) is 0 Å². The molecule has 0 fully saturated rings. The van der Waals surface area contributed by atoms with Crippen LogP contribution in [0.2, 0.25) is 0 Å². The molecule has 1 aromatic heterocycles. The molecule has 5 heteroatoms. The van der Waals surface area contributed by atoms with Gasteiger partial charge in [0.05, 0.1) is 0 Å². The molecule has 0 saturated carbocycles. The van der Waals surface area contributed by atoms with Crippen molar-refractivity contribution in [2.45, 2.75) is 10.8 Å². The first-order valence-electron chi connectivity index (χ1n) is 7.35. The molecule has 24 heavy (non-hydrogen) atoms. The first kappa shape index (κ1) is 16.2. The average Bonchev–Trinajstić information content (AvgIpc) is 2.62. The third-order valence-corrected chi connectivity index (χ3v) is 4.54. The van der Waals surface area contributed by atoms with Gasteiger partial charge in [0, 0.05) is 23.8 Å². The Morgan fingerprint density at radius 1 is 1.12 bits per heavy atom. The highest BCUT2D eigenvalue weighted by atomic mass is 32.2. The summed E-state index contributed by atoms with van der Waals surface area (Å²) in [4.78, 5) is 16.7. The van der Waals surface area contributed by atoms with Crippen molar-refractivity contribution < 1.29 is 4.39 Å². The highest BCUT2D eigenvalue weighted by Crippen LogP contribution is 2.19. The fraction of sp³-hybridized carbons (Fsp3) is 0.0526. The van der Waals surface area contributed by atoms with Crippen LogP contribution in [0.1, 0.15) is 11.1 Å². The number of thioether (sulfide) groups is 1. The van der Waals surface area contributed by atoms with Gasteiger partial charge in [0.2, 0.25) is 0 Å². The van der Waals surface area contributed by atoms with Gasteiger partial charge in [-0.15, -0.1) is 0 Å². The largest absolute Gasteiger partial charge is 0.287 e. The molecule has 0 spiro atoms. The lowest BCUT2D eigenvalue weighted by Gasteiger charge is -2.07. The van der Waals surface area contributed by atoms with Gasteiger partial charge in [-0.1, -0.05) is 48.7 Å². The van der Waals surface area contributed by atoms with Gasteiger partial charge in [-0.2, -0.15) is 0 Å². The van der Waals surface area contributed by atoms with Crippen LogP contribution in [0.4, 0.5) is 4.39 Å². The quantitative estimate of drug-likeness (QED) is 0.650. The molecule has 3 nitrogen and oxygen atoms in total. The van der Waals surface area contributed by atoms with Gasteiger partial charge in [0.25, 0.3) is 5.56 Å². The zero-order chi connectivity index (χ0) is 16.9. The number of hydrogen-bond acceptors (Lipinski definition) is 3. The summed E-state index contributed by atoms with van der Waals surface area (Å²) in [6.45, 7) is 3.73. The van der Waals surface area contributed by atoms with Gasteiger partial charge in [0.1, 0.15) is 5.82 Å². The Kier molecular flexibility index (Phi) is 4.91. The van der Waals surface area contributed by atoms with E-state index < -0.39 is 0 Å². The molecule has 2 aromatic carbocycles. The Balaban J connectivity index is 1.81. The minimum absolute atomic E-state index is 0.211. The van der Waals surface area contributed by atoms with Gasteiger partial charge in [-0.25, -0.2) is 9.37 Å². The standard InChI is InChI=1S/C19H15FN2OS/c1-2-14-3-5-15(6-4-14)13-24-18-19(23)22(12-11-21-18)17-9-7-16(20)8-10-17/h2-12H,1,13H2. The summed E-state index contributed by atoms with van der Waals surface area (Å²) in [5.41, 5.74) is 2.56. The fourth-order valence-corrected chi connectivity index (χ4v) is 3.05. The lowest BCUT2D eigenvalue weighted by atomic mass is 10.1. The molecule has 3 aromatic rings. The Morgan fingerprint density at radius 3 is 2.50 bits per heavy atom. The van der Waals surface area contributed by atoms with E-state index in [4.69, 9.17) is 0 Å². The average molecular weight is 338 g/mol. The highest BCUT2D eigenvalue weighted by Gasteiger charge is 2.08. The van der Waals surface area contributed by atoms with Crippen LogP contribution < -0.4 is 5.56 Å². The second-order valence-electron chi connectivity index (χ2n) is 5.12. The van der Waals surface area contributed by atoms with Crippen molar-refractivity contribution in [2.24, 2.45) is 0 Å². The van der Waals surface area contributed by atoms with Crippen molar-refractivity contribution in [3.63, 3.8) is 0 Å². The molecule has 0 aliphatic rings. The van der Waals surface area contributed by atoms with Crippen LogP contribution in [0.3, 0.4) is 0 Å². The zero-order valence-corrected chi connectivity index (χ0v) is 13.7. The third kappa shape index (κ3) is 3.63. The Morgan fingerprint density at radius 2 is 1.83 bits per heavy atom. The Bertz CT molecular complexity index is 902. The van der Waals surface area contributed by atoms with Crippen molar-refractivity contribution in [1.82, 2.24) is 9.55 Å². The number of aromatic nitrogens is 2. The molecule has 0 N–H and O–H groups in total. The van der Waals surface area contributed by atoms with Gasteiger partial charge in [0.15, 0.2) is 5.03 Å². The topological polar surface area (TPSA) is 34.9 Å². The summed E-state index contributed by atoms with van der Waals surface area (Å²) in [5.74, 6) is 0.311. The van der Waals surface area contributed by atoms with Crippen LogP contribution in [0.15, 0.2) is 77.3 Å². The molecular formula is C19H15FN2OS. The number of benzene rings is 2. The van der Waals surface area contributed by atoms with Crippen LogP contribution >= 0.6 is 11.8 Å². The predicted molar refractivity (Wildman–Crippen MR) is 95.9 cm³/mol. The van der Waals surface area contributed by atoms with E-state index in [9.17, 15) is 9.18 Å². The smallest absolute Gasteiger partial charge is 0.280 e. The maximum absolute atomic E-state index is 13.0. The van der Waals surface area contributed by atoms with E-state index >= 15 is 0 Å². The molecule has 1 heterocycles. The molecule has 0 amide bonds. The number of halogens is 1. The number of nitrogens with zero attached hydrogens (tertiary/aromatic N) is 2. The third-order valence-electron chi connectivity index (χ3n) is 3.51. The summed E-state index contributed by atoms with van der Waals surface area (Å²) in [6.07, 6.45) is 4.95. The van der Waals surface area contributed by atoms with E-state index in [1.807, 2.05) is 24.3 Å². The zero-order valence-electron chi connectivity index (χ0n) is 12.9. The first-order chi connectivity index (χ1) is 11.7. The summed E-state index contributed by atoms with van der Waals surface area (Å²) in [6, 6.07) is 13.8. The first-order valence-corrected chi connectivity index (χ1v) is 8.34. The van der Waals surface area contributed by atoms with Crippen LogP contribution in [-0.2, 0) is 5.75 Å². The van der Waals surface area contributed by atoms with Gasteiger partial charge in [-0.05, 0) is 35.4 Å². The number of hydrogen-bond donors (Lipinski definition) is 0. The lowest BCUT2D eigenvalue weighted by molar-refractivity contribution is 0.627.